The van der Waals surface area contributed by atoms with Crippen LogP contribution in [0.2, 0.25) is 0 Å². The van der Waals surface area contributed by atoms with Gasteiger partial charge in [0.1, 0.15) is 23.4 Å². The van der Waals surface area contributed by atoms with Gasteiger partial charge >= 0.3 is 0 Å². The van der Waals surface area contributed by atoms with Crippen molar-refractivity contribution < 1.29 is 19.8 Å². The Labute approximate surface area is 223 Å². The highest BCUT2D eigenvalue weighted by Gasteiger charge is 2.39. The highest BCUT2D eigenvalue weighted by molar-refractivity contribution is 6.19. The predicted octanol–water partition coefficient (Wildman–Crippen LogP) is 4.91. The summed E-state index contributed by atoms with van der Waals surface area (Å²) in [7, 11) is 0. The van der Waals surface area contributed by atoms with Crippen LogP contribution in [0.15, 0.2) is 60.8 Å². The second-order valence-corrected chi connectivity index (χ2v) is 10.1. The number of pyridine rings is 1. The molecule has 0 saturated heterocycles. The Morgan fingerprint density at radius 3 is 2.71 bits per heavy atom. The molecule has 0 fully saturated rings. The van der Waals surface area contributed by atoms with E-state index < -0.39 is 6.04 Å². The number of amides is 2. The summed E-state index contributed by atoms with van der Waals surface area (Å²) in [6.45, 7) is 2.43. The van der Waals surface area contributed by atoms with E-state index in [1.807, 2.05) is 31.2 Å². The second kappa shape index (κ2) is 9.22. The summed E-state index contributed by atoms with van der Waals surface area (Å²) >= 11 is 6.37. The summed E-state index contributed by atoms with van der Waals surface area (Å²) in [5.74, 6) is 0.662. The molecule has 2 aliphatic heterocycles. The highest BCUT2D eigenvalue weighted by Crippen LogP contribution is 2.46. The molecule has 3 heterocycles. The highest BCUT2D eigenvalue weighted by atomic mass is 35.5. The molecule has 1 unspecified atom stereocenters. The molecule has 4 N–H and O–H groups in total. The molecule has 2 aliphatic rings. The number of hydrogen-bond donors (Lipinski definition) is 4. The van der Waals surface area contributed by atoms with Gasteiger partial charge in [-0.15, -0.1) is 11.6 Å². The Balaban J connectivity index is 1.25. The van der Waals surface area contributed by atoms with Gasteiger partial charge in [-0.05, 0) is 59.3 Å². The molecule has 2 amide bonds. The number of anilines is 3. The SMILES string of the molecule is Cc1cccc2c(O)cc3c(c12)[C@H](CCl)CN3C(=O)C1Cc2cc(NC(=O)c3ccc(O)cc3)cnc2N1. The van der Waals surface area contributed by atoms with Crippen molar-refractivity contribution in [2.75, 3.05) is 28.0 Å². The molecule has 0 radical (unpaired) electrons. The molecule has 4 aromatic rings. The van der Waals surface area contributed by atoms with Crippen LogP contribution in [-0.4, -0.2) is 45.5 Å². The Morgan fingerprint density at radius 2 is 1.95 bits per heavy atom. The first-order valence-electron chi connectivity index (χ1n) is 12.3. The van der Waals surface area contributed by atoms with Crippen LogP contribution >= 0.6 is 11.6 Å². The van der Waals surface area contributed by atoms with E-state index in [1.165, 1.54) is 24.3 Å². The summed E-state index contributed by atoms with van der Waals surface area (Å²) in [6, 6.07) is 14.7. The lowest BCUT2D eigenvalue weighted by molar-refractivity contribution is -0.119. The van der Waals surface area contributed by atoms with E-state index in [9.17, 15) is 19.8 Å². The van der Waals surface area contributed by atoms with E-state index in [0.29, 0.717) is 41.6 Å². The van der Waals surface area contributed by atoms with E-state index in [4.69, 9.17) is 11.6 Å². The number of halogens is 1. The third-order valence-electron chi connectivity index (χ3n) is 7.31. The Kier molecular flexibility index (Phi) is 5.84. The average Bonchev–Trinajstić information content (AvgIpc) is 3.50. The van der Waals surface area contributed by atoms with Crippen molar-refractivity contribution in [3.8, 4) is 11.5 Å². The smallest absolute Gasteiger partial charge is 0.255 e. The number of phenols is 2. The van der Waals surface area contributed by atoms with Crippen molar-refractivity contribution in [1.29, 1.82) is 0 Å². The minimum absolute atomic E-state index is 0.0524. The van der Waals surface area contributed by atoms with Crippen molar-refractivity contribution in [1.82, 2.24) is 4.98 Å². The number of alkyl halides is 1. The van der Waals surface area contributed by atoms with Crippen LogP contribution in [0.5, 0.6) is 11.5 Å². The fourth-order valence-electron chi connectivity index (χ4n) is 5.49. The number of nitrogens with zero attached hydrogens (tertiary/aromatic N) is 2. The van der Waals surface area contributed by atoms with Crippen LogP contribution in [0.1, 0.15) is 33.0 Å². The average molecular weight is 529 g/mol. The zero-order chi connectivity index (χ0) is 26.6. The number of hydrogen-bond acceptors (Lipinski definition) is 6. The largest absolute Gasteiger partial charge is 0.508 e. The number of aromatic hydroxyl groups is 2. The molecule has 0 spiro atoms. The number of benzene rings is 3. The summed E-state index contributed by atoms with van der Waals surface area (Å²) in [5, 5.41) is 28.0. The third-order valence-corrected chi connectivity index (χ3v) is 7.68. The predicted molar refractivity (Wildman–Crippen MR) is 148 cm³/mol. The zero-order valence-electron chi connectivity index (χ0n) is 20.5. The minimum atomic E-state index is -0.544. The molecular weight excluding hydrogens is 504 g/mol. The van der Waals surface area contributed by atoms with Gasteiger partial charge < -0.3 is 25.7 Å². The van der Waals surface area contributed by atoms with E-state index in [0.717, 1.165) is 27.5 Å². The number of rotatable bonds is 4. The van der Waals surface area contributed by atoms with Crippen LogP contribution in [0.4, 0.5) is 17.2 Å². The van der Waals surface area contributed by atoms with Crippen LogP contribution in [0, 0.1) is 6.92 Å². The molecule has 0 aliphatic carbocycles. The number of aryl methyl sites for hydroxylation is 1. The van der Waals surface area contributed by atoms with Crippen LogP contribution in [0.3, 0.4) is 0 Å². The zero-order valence-corrected chi connectivity index (χ0v) is 21.3. The van der Waals surface area contributed by atoms with Gasteiger partial charge in [-0.3, -0.25) is 9.59 Å². The number of carbonyl (C=O) groups is 2. The maximum atomic E-state index is 13.8. The van der Waals surface area contributed by atoms with Crippen molar-refractivity contribution >= 4 is 51.4 Å². The van der Waals surface area contributed by atoms with E-state index in [2.05, 4.69) is 15.6 Å². The lowest BCUT2D eigenvalue weighted by Gasteiger charge is -2.22. The standard InChI is InChI=1S/C29H25ClN4O4/c1-15-3-2-4-21-24(36)11-23-26(25(15)21)18(12-30)14-34(23)29(38)22-10-17-9-19(13-31-27(17)33-22)32-28(37)16-5-7-20(35)8-6-16/h2-9,11,13,18,22,35-36H,10,12,14H2,1H3,(H,31,33)(H,32,37)/t18-,22?/m1/s1. The van der Waals surface area contributed by atoms with Crippen LogP contribution < -0.4 is 15.5 Å². The first-order valence-corrected chi connectivity index (χ1v) is 12.9. The molecule has 192 valence electrons. The van der Waals surface area contributed by atoms with Crippen LogP contribution in [-0.2, 0) is 11.2 Å². The van der Waals surface area contributed by atoms with E-state index in [1.54, 1.807) is 17.2 Å². The van der Waals surface area contributed by atoms with Crippen molar-refractivity contribution in [2.24, 2.45) is 0 Å². The Hall–Kier alpha value is -4.30. The summed E-state index contributed by atoms with van der Waals surface area (Å²) in [6.07, 6.45) is 1.94. The maximum Gasteiger partial charge on any atom is 0.255 e. The molecule has 38 heavy (non-hydrogen) atoms. The lowest BCUT2D eigenvalue weighted by Crippen LogP contribution is -2.41. The molecule has 0 bridgehead atoms. The molecular formula is C29H25ClN4O4. The lowest BCUT2D eigenvalue weighted by atomic mass is 9.92. The van der Waals surface area contributed by atoms with Gasteiger partial charge in [0.15, 0.2) is 0 Å². The molecule has 3 aromatic carbocycles. The number of carbonyl (C=O) groups excluding carboxylic acids is 2. The monoisotopic (exact) mass is 528 g/mol. The van der Waals surface area contributed by atoms with Gasteiger partial charge in [0.05, 0.1) is 17.6 Å². The van der Waals surface area contributed by atoms with Gasteiger partial charge in [-0.2, -0.15) is 0 Å². The van der Waals surface area contributed by atoms with Crippen molar-refractivity contribution in [3.05, 3.63) is 83.0 Å². The first kappa shape index (κ1) is 24.1. The molecule has 9 heteroatoms. The third kappa shape index (κ3) is 3.97. The quantitative estimate of drug-likeness (QED) is 0.280. The van der Waals surface area contributed by atoms with Gasteiger partial charge in [0.25, 0.3) is 5.91 Å². The van der Waals surface area contributed by atoms with Gasteiger partial charge in [-0.25, -0.2) is 4.98 Å². The Bertz CT molecular complexity index is 1610. The number of aromatic nitrogens is 1. The normalized spacial score (nSPS) is 17.7. The van der Waals surface area contributed by atoms with Gasteiger partial charge in [0.2, 0.25) is 5.91 Å². The van der Waals surface area contributed by atoms with Crippen molar-refractivity contribution in [3.63, 3.8) is 0 Å². The number of phenolic OH excluding ortho intramolecular Hbond substituents is 2. The van der Waals surface area contributed by atoms with Gasteiger partial charge in [-0.1, -0.05) is 18.2 Å². The first-order chi connectivity index (χ1) is 18.3. The fourth-order valence-corrected chi connectivity index (χ4v) is 5.74. The molecule has 8 nitrogen and oxygen atoms in total. The van der Waals surface area contributed by atoms with E-state index >= 15 is 0 Å². The fraction of sp³-hybridized carbons (Fsp3) is 0.207. The second-order valence-electron chi connectivity index (χ2n) is 9.76. The summed E-state index contributed by atoms with van der Waals surface area (Å²) in [4.78, 5) is 32.5. The molecule has 1 aromatic heterocycles. The Morgan fingerprint density at radius 1 is 1.16 bits per heavy atom. The molecule has 6 rings (SSSR count). The topological polar surface area (TPSA) is 115 Å². The van der Waals surface area contributed by atoms with E-state index in [-0.39, 0.29) is 29.2 Å². The molecule has 2 atom stereocenters. The number of nitrogens with one attached hydrogen (secondary N) is 2. The summed E-state index contributed by atoms with van der Waals surface area (Å²) in [5.41, 5.74) is 4.44. The number of fused-ring (bicyclic) bond motifs is 4. The molecule has 0 saturated carbocycles. The van der Waals surface area contributed by atoms with Crippen molar-refractivity contribution in [2.45, 2.75) is 25.3 Å². The van der Waals surface area contributed by atoms with Gasteiger partial charge in [0, 0.05) is 41.8 Å². The minimum Gasteiger partial charge on any atom is -0.508 e. The van der Waals surface area contributed by atoms with Crippen LogP contribution in [0.25, 0.3) is 10.8 Å². The summed E-state index contributed by atoms with van der Waals surface area (Å²) < 4.78 is 0. The maximum absolute atomic E-state index is 13.8.